The molecule has 0 aromatic heterocycles. The molecule has 0 aliphatic carbocycles. The summed E-state index contributed by atoms with van der Waals surface area (Å²) in [4.78, 5) is 13.3. The summed E-state index contributed by atoms with van der Waals surface area (Å²) in [5, 5.41) is 0. The van der Waals surface area contributed by atoms with Crippen molar-refractivity contribution in [1.82, 2.24) is 0 Å². The van der Waals surface area contributed by atoms with Crippen molar-refractivity contribution in [3.05, 3.63) is 90.0 Å². The van der Waals surface area contributed by atoms with Crippen molar-refractivity contribution in [3.8, 4) is 5.75 Å². The smallest absolute Gasteiger partial charge is 0.278 e. The standard InChI is InChI=1S/C27H31NO4S/c1-4-5-10-22-15-17-24(18-16-22)28(33(30,31)26-13-7-6-8-14-26)27(29)20-32-25-12-9-11-23(19-25)21(2)3/h6-9,11-19,21H,4-5,10,20H2,1-3H3. The predicted molar refractivity (Wildman–Crippen MR) is 132 cm³/mol. The summed E-state index contributed by atoms with van der Waals surface area (Å²) in [6.07, 6.45) is 3.03. The fraction of sp³-hybridized carbons (Fsp3) is 0.296. The lowest BCUT2D eigenvalue weighted by atomic mass is 10.0. The topological polar surface area (TPSA) is 63.7 Å². The van der Waals surface area contributed by atoms with Gasteiger partial charge in [0.15, 0.2) is 6.61 Å². The van der Waals surface area contributed by atoms with Gasteiger partial charge in [0.25, 0.3) is 15.9 Å². The highest BCUT2D eigenvalue weighted by Gasteiger charge is 2.31. The molecular formula is C27H31NO4S. The van der Waals surface area contributed by atoms with Crippen molar-refractivity contribution in [2.45, 2.75) is 50.8 Å². The molecule has 0 saturated heterocycles. The van der Waals surface area contributed by atoms with Gasteiger partial charge >= 0.3 is 0 Å². The minimum absolute atomic E-state index is 0.0511. The lowest BCUT2D eigenvalue weighted by molar-refractivity contribution is -0.119. The van der Waals surface area contributed by atoms with Gasteiger partial charge in [-0.2, -0.15) is 4.31 Å². The molecule has 0 saturated carbocycles. The zero-order chi connectivity index (χ0) is 23.8. The van der Waals surface area contributed by atoms with E-state index >= 15 is 0 Å². The molecule has 3 rings (SSSR count). The van der Waals surface area contributed by atoms with Gasteiger partial charge in [-0.05, 0) is 66.3 Å². The van der Waals surface area contributed by atoms with E-state index in [2.05, 4.69) is 20.8 Å². The first-order chi connectivity index (χ1) is 15.8. The Kier molecular flexibility index (Phi) is 8.28. The molecule has 0 bridgehead atoms. The molecule has 0 N–H and O–H groups in total. The first kappa shape index (κ1) is 24.5. The van der Waals surface area contributed by atoms with Crippen LogP contribution in [0.25, 0.3) is 0 Å². The lowest BCUT2D eigenvalue weighted by Crippen LogP contribution is -2.40. The molecule has 6 heteroatoms. The number of carbonyl (C=O) groups is 1. The number of hydrogen-bond donors (Lipinski definition) is 0. The summed E-state index contributed by atoms with van der Waals surface area (Å²) >= 11 is 0. The molecule has 3 aromatic rings. The van der Waals surface area contributed by atoms with Crippen LogP contribution in [0.5, 0.6) is 5.75 Å². The molecule has 0 fully saturated rings. The van der Waals surface area contributed by atoms with Crippen molar-refractivity contribution >= 4 is 21.6 Å². The molecule has 0 aliphatic rings. The van der Waals surface area contributed by atoms with E-state index in [9.17, 15) is 13.2 Å². The van der Waals surface area contributed by atoms with Gasteiger partial charge < -0.3 is 4.74 Å². The number of unbranched alkanes of at least 4 members (excludes halogenated alkanes) is 1. The fourth-order valence-electron chi connectivity index (χ4n) is 3.46. The SMILES string of the molecule is CCCCc1ccc(N(C(=O)COc2cccc(C(C)C)c2)S(=O)(=O)c2ccccc2)cc1. The van der Waals surface area contributed by atoms with Crippen LogP contribution in [0.3, 0.4) is 0 Å². The quantitative estimate of drug-likeness (QED) is 0.371. The molecule has 0 unspecified atom stereocenters. The number of ether oxygens (including phenoxy) is 1. The number of benzene rings is 3. The minimum Gasteiger partial charge on any atom is -0.484 e. The number of amides is 1. The maximum absolute atomic E-state index is 13.4. The van der Waals surface area contributed by atoms with Crippen LogP contribution in [-0.2, 0) is 21.2 Å². The van der Waals surface area contributed by atoms with Crippen molar-refractivity contribution < 1.29 is 17.9 Å². The molecule has 0 radical (unpaired) electrons. The number of anilines is 1. The van der Waals surface area contributed by atoms with Crippen LogP contribution in [0.15, 0.2) is 83.8 Å². The van der Waals surface area contributed by atoms with Crippen LogP contribution in [0.4, 0.5) is 5.69 Å². The van der Waals surface area contributed by atoms with Crippen LogP contribution < -0.4 is 9.04 Å². The van der Waals surface area contributed by atoms with Gasteiger partial charge in [0, 0.05) is 0 Å². The molecule has 0 atom stereocenters. The van der Waals surface area contributed by atoms with Gasteiger partial charge in [0.2, 0.25) is 0 Å². The van der Waals surface area contributed by atoms with Gasteiger partial charge in [-0.15, -0.1) is 0 Å². The summed E-state index contributed by atoms with van der Waals surface area (Å²) in [5.41, 5.74) is 2.48. The van der Waals surface area contributed by atoms with Crippen LogP contribution in [0.1, 0.15) is 50.7 Å². The van der Waals surface area contributed by atoms with E-state index in [0.717, 1.165) is 34.7 Å². The molecule has 3 aromatic carbocycles. The van der Waals surface area contributed by atoms with Gasteiger partial charge in [0.1, 0.15) is 5.75 Å². The Balaban J connectivity index is 1.90. The van der Waals surface area contributed by atoms with Gasteiger partial charge in [-0.1, -0.05) is 69.7 Å². The first-order valence-corrected chi connectivity index (χ1v) is 12.7. The Morgan fingerprint density at radius 3 is 2.27 bits per heavy atom. The van der Waals surface area contributed by atoms with Gasteiger partial charge in [-0.25, -0.2) is 8.42 Å². The average Bonchev–Trinajstić information content (AvgIpc) is 2.83. The van der Waals surface area contributed by atoms with Crippen LogP contribution >= 0.6 is 0 Å². The lowest BCUT2D eigenvalue weighted by Gasteiger charge is -2.23. The Hall–Kier alpha value is -3.12. The molecular weight excluding hydrogens is 434 g/mol. The third-order valence-electron chi connectivity index (χ3n) is 5.38. The van der Waals surface area contributed by atoms with Gasteiger partial charge in [-0.3, -0.25) is 4.79 Å². The predicted octanol–water partition coefficient (Wildman–Crippen LogP) is 5.95. The van der Waals surface area contributed by atoms with Crippen molar-refractivity contribution in [2.24, 2.45) is 0 Å². The Bertz CT molecular complexity index is 1160. The highest BCUT2D eigenvalue weighted by molar-refractivity contribution is 7.93. The third kappa shape index (κ3) is 6.23. The Morgan fingerprint density at radius 1 is 0.939 bits per heavy atom. The zero-order valence-electron chi connectivity index (χ0n) is 19.4. The fourth-order valence-corrected chi connectivity index (χ4v) is 4.89. The first-order valence-electron chi connectivity index (χ1n) is 11.3. The molecule has 1 amide bonds. The molecule has 33 heavy (non-hydrogen) atoms. The maximum atomic E-state index is 13.4. The van der Waals surface area contributed by atoms with E-state index in [1.807, 2.05) is 30.3 Å². The van der Waals surface area contributed by atoms with Crippen LogP contribution in [0.2, 0.25) is 0 Å². The molecule has 0 aliphatic heterocycles. The summed E-state index contributed by atoms with van der Waals surface area (Å²) in [7, 11) is -4.11. The van der Waals surface area contributed by atoms with Crippen molar-refractivity contribution in [2.75, 3.05) is 10.9 Å². The van der Waals surface area contributed by atoms with E-state index in [4.69, 9.17) is 4.74 Å². The number of sulfonamides is 1. The maximum Gasteiger partial charge on any atom is 0.278 e. The summed E-state index contributed by atoms with van der Waals surface area (Å²) in [6.45, 7) is 5.87. The van der Waals surface area contributed by atoms with Crippen LogP contribution in [0, 0.1) is 0 Å². The van der Waals surface area contributed by atoms with E-state index in [1.54, 1.807) is 36.4 Å². The number of carbonyl (C=O) groups excluding carboxylic acids is 1. The minimum atomic E-state index is -4.11. The summed E-state index contributed by atoms with van der Waals surface area (Å²) in [6, 6.07) is 22.6. The van der Waals surface area contributed by atoms with E-state index in [0.29, 0.717) is 17.4 Å². The molecule has 0 spiro atoms. The van der Waals surface area contributed by atoms with Crippen molar-refractivity contribution in [1.29, 1.82) is 0 Å². The normalized spacial score (nSPS) is 11.4. The summed E-state index contributed by atoms with van der Waals surface area (Å²) < 4.78 is 33.4. The van der Waals surface area contributed by atoms with Gasteiger partial charge in [0.05, 0.1) is 10.6 Å². The molecule has 5 nitrogen and oxygen atoms in total. The second-order valence-corrected chi connectivity index (χ2v) is 10.0. The highest BCUT2D eigenvalue weighted by atomic mass is 32.2. The highest BCUT2D eigenvalue weighted by Crippen LogP contribution is 2.26. The molecule has 0 heterocycles. The number of aryl methyl sites for hydroxylation is 1. The average molecular weight is 466 g/mol. The summed E-state index contributed by atoms with van der Waals surface area (Å²) in [5.74, 6) is 0.182. The molecule has 174 valence electrons. The van der Waals surface area contributed by atoms with E-state index in [1.165, 1.54) is 12.1 Å². The largest absolute Gasteiger partial charge is 0.484 e. The van der Waals surface area contributed by atoms with E-state index < -0.39 is 22.5 Å². The van der Waals surface area contributed by atoms with E-state index in [-0.39, 0.29) is 4.90 Å². The Labute approximate surface area is 197 Å². The number of rotatable bonds is 10. The van der Waals surface area contributed by atoms with Crippen molar-refractivity contribution in [3.63, 3.8) is 0 Å². The zero-order valence-corrected chi connectivity index (χ0v) is 20.2. The Morgan fingerprint density at radius 2 is 1.64 bits per heavy atom. The second kappa shape index (κ2) is 11.1. The number of hydrogen-bond acceptors (Lipinski definition) is 4. The monoisotopic (exact) mass is 465 g/mol. The second-order valence-electron chi connectivity index (χ2n) is 8.26. The third-order valence-corrected chi connectivity index (χ3v) is 7.15. The van der Waals surface area contributed by atoms with Crippen LogP contribution in [-0.4, -0.2) is 20.9 Å². The number of nitrogens with zero attached hydrogens (tertiary/aromatic N) is 1.